The third-order valence-electron chi connectivity index (χ3n) is 2.69. The molecule has 1 fully saturated rings. The van der Waals surface area contributed by atoms with Gasteiger partial charge in [-0.15, -0.1) is 0 Å². The van der Waals surface area contributed by atoms with E-state index in [2.05, 4.69) is 0 Å². The molecule has 1 heterocycles. The molecule has 5 nitrogen and oxygen atoms in total. The van der Waals surface area contributed by atoms with Gasteiger partial charge in [-0.05, 0) is 27.7 Å². The van der Waals surface area contributed by atoms with E-state index < -0.39 is 23.7 Å². The maximum atomic E-state index is 11.9. The molecule has 17 heavy (non-hydrogen) atoms. The van der Waals surface area contributed by atoms with Crippen LogP contribution in [0.2, 0.25) is 0 Å². The van der Waals surface area contributed by atoms with Crippen molar-refractivity contribution in [1.82, 2.24) is 4.90 Å². The second-order valence-electron chi connectivity index (χ2n) is 5.24. The van der Waals surface area contributed by atoms with Crippen molar-refractivity contribution in [2.75, 3.05) is 6.54 Å². The fourth-order valence-electron chi connectivity index (χ4n) is 1.80. The van der Waals surface area contributed by atoms with Crippen LogP contribution >= 0.6 is 0 Å². The van der Waals surface area contributed by atoms with E-state index in [4.69, 9.17) is 10.00 Å². The molecule has 0 bridgehead atoms. The quantitative estimate of drug-likeness (QED) is 0.644. The van der Waals surface area contributed by atoms with Crippen molar-refractivity contribution in [1.29, 1.82) is 5.26 Å². The Morgan fingerprint density at radius 2 is 2.12 bits per heavy atom. The Morgan fingerprint density at radius 1 is 1.53 bits per heavy atom. The Kier molecular flexibility index (Phi) is 3.76. The Morgan fingerprint density at radius 3 is 2.59 bits per heavy atom. The van der Waals surface area contributed by atoms with Crippen LogP contribution in [-0.4, -0.2) is 35.0 Å². The van der Waals surface area contributed by atoms with Crippen molar-refractivity contribution in [2.45, 2.75) is 45.8 Å². The summed E-state index contributed by atoms with van der Waals surface area (Å²) in [6, 6.07) is 1.53. The molecule has 0 spiro atoms. The highest BCUT2D eigenvalue weighted by molar-refractivity contribution is 5.86. The van der Waals surface area contributed by atoms with Crippen LogP contribution in [0.25, 0.3) is 0 Å². The Hall–Kier alpha value is -1.57. The molecule has 0 aromatic rings. The van der Waals surface area contributed by atoms with Gasteiger partial charge in [0.25, 0.3) is 0 Å². The Bertz CT molecular complexity index is 365. The predicted octanol–water partition coefficient (Wildman–Crippen LogP) is 1.72. The smallest absolute Gasteiger partial charge is 0.410 e. The first-order valence-corrected chi connectivity index (χ1v) is 5.68. The average Bonchev–Trinajstić information content (AvgIpc) is 2.15. The molecule has 0 aromatic carbocycles. The molecule has 0 aromatic heterocycles. The maximum Gasteiger partial charge on any atom is 0.410 e. The highest BCUT2D eigenvalue weighted by Crippen LogP contribution is 2.22. The monoisotopic (exact) mass is 238 g/mol. The van der Waals surface area contributed by atoms with Crippen molar-refractivity contribution in [2.24, 2.45) is 5.92 Å². The molecule has 2 atom stereocenters. The van der Waals surface area contributed by atoms with Gasteiger partial charge in [0.1, 0.15) is 11.5 Å². The van der Waals surface area contributed by atoms with Crippen LogP contribution in [0.15, 0.2) is 0 Å². The number of ketones is 1. The standard InChI is InChI=1S/C12H18N2O3/c1-8-9(7-13)10(15)5-6-14(8)11(16)17-12(2,3)4/h8-9H,5-6H2,1-4H3/t8-,9?/m0/s1. The summed E-state index contributed by atoms with van der Waals surface area (Å²) in [5.74, 6) is -0.837. The van der Waals surface area contributed by atoms with Crippen LogP contribution in [0.1, 0.15) is 34.1 Å². The summed E-state index contributed by atoms with van der Waals surface area (Å²) in [6.45, 7) is 7.38. The van der Waals surface area contributed by atoms with E-state index in [0.29, 0.717) is 6.54 Å². The summed E-state index contributed by atoms with van der Waals surface area (Å²) >= 11 is 0. The van der Waals surface area contributed by atoms with Crippen LogP contribution in [-0.2, 0) is 9.53 Å². The predicted molar refractivity (Wildman–Crippen MR) is 61.1 cm³/mol. The number of carbonyl (C=O) groups is 2. The second kappa shape index (κ2) is 4.74. The number of rotatable bonds is 0. The topological polar surface area (TPSA) is 70.4 Å². The number of carbonyl (C=O) groups excluding carboxylic acids is 2. The van der Waals surface area contributed by atoms with Gasteiger partial charge in [0.05, 0.1) is 12.1 Å². The van der Waals surface area contributed by atoms with Gasteiger partial charge >= 0.3 is 6.09 Å². The summed E-state index contributed by atoms with van der Waals surface area (Å²) in [5.41, 5.74) is -0.569. The van der Waals surface area contributed by atoms with E-state index in [-0.39, 0.29) is 12.2 Å². The fraction of sp³-hybridized carbons (Fsp3) is 0.750. The number of piperidine rings is 1. The van der Waals surface area contributed by atoms with Crippen molar-refractivity contribution in [3.8, 4) is 6.07 Å². The lowest BCUT2D eigenvalue weighted by molar-refractivity contribution is -0.125. The molecule has 0 N–H and O–H groups in total. The highest BCUT2D eigenvalue weighted by atomic mass is 16.6. The van der Waals surface area contributed by atoms with Crippen molar-refractivity contribution in [3.05, 3.63) is 0 Å². The van der Waals surface area contributed by atoms with Crippen LogP contribution in [0.5, 0.6) is 0 Å². The van der Waals surface area contributed by atoms with Crippen LogP contribution in [0.4, 0.5) is 4.79 Å². The van der Waals surface area contributed by atoms with Gasteiger partial charge in [-0.1, -0.05) is 0 Å². The average molecular weight is 238 g/mol. The molecule has 1 rings (SSSR count). The number of Topliss-reactive ketones (excluding diaryl/α,β-unsaturated/α-hetero) is 1. The van der Waals surface area contributed by atoms with E-state index in [1.165, 1.54) is 4.90 Å². The largest absolute Gasteiger partial charge is 0.444 e. The zero-order chi connectivity index (χ0) is 13.2. The normalized spacial score (nSPS) is 25.4. The number of hydrogen-bond donors (Lipinski definition) is 0. The third kappa shape index (κ3) is 3.19. The third-order valence-corrected chi connectivity index (χ3v) is 2.69. The van der Waals surface area contributed by atoms with Gasteiger partial charge in [0, 0.05) is 13.0 Å². The minimum Gasteiger partial charge on any atom is -0.444 e. The Balaban J connectivity index is 2.76. The number of nitrogens with zero attached hydrogens (tertiary/aromatic N) is 2. The zero-order valence-corrected chi connectivity index (χ0v) is 10.7. The van der Waals surface area contributed by atoms with Gasteiger partial charge in [-0.3, -0.25) is 4.79 Å². The molecule has 0 saturated carbocycles. The van der Waals surface area contributed by atoms with E-state index in [9.17, 15) is 9.59 Å². The molecule has 0 radical (unpaired) electrons. The van der Waals surface area contributed by atoms with Crippen molar-refractivity contribution < 1.29 is 14.3 Å². The van der Waals surface area contributed by atoms with Gasteiger partial charge in [0.15, 0.2) is 5.78 Å². The number of nitriles is 1. The lowest BCUT2D eigenvalue weighted by atomic mass is 9.90. The molecule has 5 heteroatoms. The lowest BCUT2D eigenvalue weighted by Gasteiger charge is -2.36. The molecular formula is C12H18N2O3. The number of ether oxygens (including phenoxy) is 1. The van der Waals surface area contributed by atoms with Crippen LogP contribution in [0.3, 0.4) is 0 Å². The van der Waals surface area contributed by atoms with Crippen LogP contribution < -0.4 is 0 Å². The van der Waals surface area contributed by atoms with Crippen molar-refractivity contribution >= 4 is 11.9 Å². The van der Waals surface area contributed by atoms with E-state index >= 15 is 0 Å². The SMILES string of the molecule is C[C@H]1C(C#N)C(=O)CCN1C(=O)OC(C)(C)C. The van der Waals surface area contributed by atoms with Gasteiger partial charge in [-0.2, -0.15) is 5.26 Å². The maximum absolute atomic E-state index is 11.9. The van der Waals surface area contributed by atoms with E-state index in [0.717, 1.165) is 0 Å². The van der Waals surface area contributed by atoms with Gasteiger partial charge < -0.3 is 9.64 Å². The summed E-state index contributed by atoms with van der Waals surface area (Å²) in [4.78, 5) is 24.8. The molecular weight excluding hydrogens is 220 g/mol. The first-order chi connectivity index (χ1) is 7.76. The van der Waals surface area contributed by atoms with Gasteiger partial charge in [-0.25, -0.2) is 4.79 Å². The van der Waals surface area contributed by atoms with E-state index in [1.807, 2.05) is 6.07 Å². The van der Waals surface area contributed by atoms with Crippen molar-refractivity contribution in [3.63, 3.8) is 0 Å². The minimum absolute atomic E-state index is 0.0974. The zero-order valence-electron chi connectivity index (χ0n) is 10.7. The molecule has 94 valence electrons. The van der Waals surface area contributed by atoms with E-state index in [1.54, 1.807) is 27.7 Å². The van der Waals surface area contributed by atoms with Crippen LogP contribution in [0, 0.1) is 17.2 Å². The molecule has 1 aliphatic rings. The summed E-state index contributed by atoms with van der Waals surface area (Å²) < 4.78 is 5.24. The molecule has 1 unspecified atom stereocenters. The summed E-state index contributed by atoms with van der Waals surface area (Å²) in [6.07, 6.45) is -0.236. The second-order valence-corrected chi connectivity index (χ2v) is 5.24. The number of likely N-dealkylation sites (tertiary alicyclic amines) is 1. The highest BCUT2D eigenvalue weighted by Gasteiger charge is 2.38. The minimum atomic E-state index is -0.740. The number of hydrogen-bond acceptors (Lipinski definition) is 4. The molecule has 0 aliphatic carbocycles. The molecule has 1 amide bonds. The number of amides is 1. The molecule has 1 aliphatic heterocycles. The first-order valence-electron chi connectivity index (χ1n) is 5.68. The molecule has 1 saturated heterocycles. The lowest BCUT2D eigenvalue weighted by Crippen LogP contribution is -2.51. The Labute approximate surface area is 101 Å². The fourth-order valence-corrected chi connectivity index (χ4v) is 1.80. The van der Waals surface area contributed by atoms with Gasteiger partial charge in [0.2, 0.25) is 0 Å². The summed E-state index contributed by atoms with van der Waals surface area (Å²) in [7, 11) is 0. The summed E-state index contributed by atoms with van der Waals surface area (Å²) in [5, 5.41) is 8.91. The first kappa shape index (κ1) is 13.5.